The monoisotopic (exact) mass is 337 g/mol. The van der Waals surface area contributed by atoms with Gasteiger partial charge in [-0.25, -0.2) is 0 Å². The Morgan fingerprint density at radius 2 is 2.00 bits per heavy atom. The Labute approximate surface area is 150 Å². The molecule has 2 heterocycles. The summed E-state index contributed by atoms with van der Waals surface area (Å²) in [6.07, 6.45) is 8.40. The van der Waals surface area contributed by atoms with Crippen LogP contribution < -0.4 is 5.73 Å². The number of likely N-dealkylation sites (tertiary alicyclic amines) is 1. The van der Waals surface area contributed by atoms with E-state index < -0.39 is 6.04 Å². The van der Waals surface area contributed by atoms with Crippen LogP contribution in [0.1, 0.15) is 48.9 Å². The summed E-state index contributed by atoms with van der Waals surface area (Å²) in [6, 6.07) is 12.0. The number of hydrogen-bond donors (Lipinski definition) is 1. The Hall–Kier alpha value is -2.20. The number of amides is 1. The highest BCUT2D eigenvalue weighted by atomic mass is 16.2. The van der Waals surface area contributed by atoms with Gasteiger partial charge in [0.05, 0.1) is 12.1 Å². The van der Waals surface area contributed by atoms with Crippen LogP contribution in [-0.2, 0) is 17.6 Å². The van der Waals surface area contributed by atoms with Gasteiger partial charge in [-0.05, 0) is 54.9 Å². The average Bonchev–Trinajstić information content (AvgIpc) is 2.68. The number of piperidine rings is 1. The van der Waals surface area contributed by atoms with E-state index >= 15 is 0 Å². The molecule has 1 aliphatic heterocycles. The number of rotatable bonds is 5. The first-order valence-electron chi connectivity index (χ1n) is 9.23. The van der Waals surface area contributed by atoms with Crippen molar-refractivity contribution in [2.75, 3.05) is 6.54 Å². The molecule has 1 aliphatic rings. The summed E-state index contributed by atoms with van der Waals surface area (Å²) in [5, 5.41) is 0. The molecule has 0 bridgehead atoms. The molecule has 1 saturated heterocycles. The Bertz CT molecular complexity index is 684. The van der Waals surface area contributed by atoms with Crippen molar-refractivity contribution in [3.05, 3.63) is 65.5 Å². The van der Waals surface area contributed by atoms with Crippen LogP contribution >= 0.6 is 0 Å². The molecular formula is C21H27N3O. The van der Waals surface area contributed by atoms with Crippen LogP contribution in [0.2, 0.25) is 0 Å². The summed E-state index contributed by atoms with van der Waals surface area (Å²) >= 11 is 0. The van der Waals surface area contributed by atoms with E-state index in [0.29, 0.717) is 6.42 Å². The SMILES string of the molecule is CCc1ccc(C[C@H](N)C(=O)N2CCCC[C@@H]2c2cccnc2)cc1. The predicted molar refractivity (Wildman–Crippen MR) is 100 cm³/mol. The minimum atomic E-state index is -0.496. The van der Waals surface area contributed by atoms with E-state index in [9.17, 15) is 4.79 Å². The van der Waals surface area contributed by atoms with Crippen LogP contribution in [0.5, 0.6) is 0 Å². The molecule has 2 atom stereocenters. The first-order chi connectivity index (χ1) is 12.2. The molecule has 25 heavy (non-hydrogen) atoms. The standard InChI is InChI=1S/C21H27N3O/c1-2-16-8-10-17(11-9-16)14-19(22)21(25)24-13-4-3-7-20(24)18-6-5-12-23-15-18/h5-6,8-12,15,19-20H,2-4,7,13-14,22H2,1H3/t19-,20+/m0/s1. The van der Waals surface area contributed by atoms with Gasteiger partial charge in [-0.3, -0.25) is 9.78 Å². The van der Waals surface area contributed by atoms with Gasteiger partial charge in [-0.1, -0.05) is 37.3 Å². The van der Waals surface area contributed by atoms with Crippen molar-refractivity contribution in [1.29, 1.82) is 0 Å². The van der Waals surface area contributed by atoms with E-state index in [2.05, 4.69) is 42.2 Å². The van der Waals surface area contributed by atoms with E-state index in [-0.39, 0.29) is 11.9 Å². The van der Waals surface area contributed by atoms with Gasteiger partial charge in [0.25, 0.3) is 0 Å². The number of hydrogen-bond acceptors (Lipinski definition) is 3. The molecule has 0 radical (unpaired) electrons. The predicted octanol–water partition coefficient (Wildman–Crippen LogP) is 3.27. The first kappa shape index (κ1) is 17.6. The van der Waals surface area contributed by atoms with Gasteiger partial charge in [0.15, 0.2) is 0 Å². The fraction of sp³-hybridized carbons (Fsp3) is 0.429. The molecule has 0 saturated carbocycles. The number of aryl methyl sites for hydroxylation is 1. The van der Waals surface area contributed by atoms with Gasteiger partial charge >= 0.3 is 0 Å². The van der Waals surface area contributed by atoms with Crippen LogP contribution in [0.15, 0.2) is 48.8 Å². The van der Waals surface area contributed by atoms with Crippen molar-refractivity contribution in [2.24, 2.45) is 5.73 Å². The lowest BCUT2D eigenvalue weighted by Crippen LogP contribution is -2.48. The van der Waals surface area contributed by atoms with Crippen molar-refractivity contribution in [3.63, 3.8) is 0 Å². The summed E-state index contributed by atoms with van der Waals surface area (Å²) < 4.78 is 0. The van der Waals surface area contributed by atoms with Crippen molar-refractivity contribution in [1.82, 2.24) is 9.88 Å². The topological polar surface area (TPSA) is 59.2 Å². The number of aromatic nitrogens is 1. The second kappa shape index (κ2) is 8.26. The molecule has 4 heteroatoms. The van der Waals surface area contributed by atoms with Gasteiger partial charge in [0, 0.05) is 18.9 Å². The van der Waals surface area contributed by atoms with E-state index in [0.717, 1.165) is 43.4 Å². The summed E-state index contributed by atoms with van der Waals surface area (Å²) in [7, 11) is 0. The van der Waals surface area contributed by atoms with Crippen molar-refractivity contribution < 1.29 is 4.79 Å². The molecule has 0 aliphatic carbocycles. The maximum Gasteiger partial charge on any atom is 0.240 e. The Morgan fingerprint density at radius 1 is 1.24 bits per heavy atom. The second-order valence-corrected chi connectivity index (χ2v) is 6.81. The third kappa shape index (κ3) is 4.26. The molecular weight excluding hydrogens is 310 g/mol. The number of benzene rings is 1. The van der Waals surface area contributed by atoms with Gasteiger partial charge in [0.2, 0.25) is 5.91 Å². The third-order valence-corrected chi connectivity index (χ3v) is 5.06. The quantitative estimate of drug-likeness (QED) is 0.911. The average molecular weight is 337 g/mol. The molecule has 4 nitrogen and oxygen atoms in total. The van der Waals surface area contributed by atoms with Crippen molar-refractivity contribution in [2.45, 2.75) is 51.1 Å². The van der Waals surface area contributed by atoms with Gasteiger partial charge < -0.3 is 10.6 Å². The van der Waals surface area contributed by atoms with E-state index in [4.69, 9.17) is 5.73 Å². The van der Waals surface area contributed by atoms with Crippen LogP contribution in [0, 0.1) is 0 Å². The minimum absolute atomic E-state index is 0.0492. The van der Waals surface area contributed by atoms with Crippen molar-refractivity contribution >= 4 is 5.91 Å². The highest BCUT2D eigenvalue weighted by Gasteiger charge is 2.31. The third-order valence-electron chi connectivity index (χ3n) is 5.06. The maximum atomic E-state index is 13.0. The van der Waals surface area contributed by atoms with Gasteiger partial charge in [-0.2, -0.15) is 0 Å². The normalized spacial score (nSPS) is 18.8. The second-order valence-electron chi connectivity index (χ2n) is 6.81. The summed E-state index contributed by atoms with van der Waals surface area (Å²) in [6.45, 7) is 2.92. The fourth-order valence-electron chi connectivity index (χ4n) is 3.58. The molecule has 0 spiro atoms. The van der Waals surface area contributed by atoms with Crippen LogP contribution in [-0.4, -0.2) is 28.4 Å². The number of nitrogens with two attached hydrogens (primary N) is 1. The van der Waals surface area contributed by atoms with Crippen molar-refractivity contribution in [3.8, 4) is 0 Å². The van der Waals surface area contributed by atoms with E-state index in [1.165, 1.54) is 5.56 Å². The smallest absolute Gasteiger partial charge is 0.240 e. The summed E-state index contributed by atoms with van der Waals surface area (Å²) in [5.74, 6) is 0.0492. The van der Waals surface area contributed by atoms with Crippen LogP contribution in [0.4, 0.5) is 0 Å². The Kier molecular flexibility index (Phi) is 5.82. The number of carbonyl (C=O) groups is 1. The zero-order valence-electron chi connectivity index (χ0n) is 14.9. The number of nitrogens with zero attached hydrogens (tertiary/aromatic N) is 2. The number of pyridine rings is 1. The Balaban J connectivity index is 1.70. The fourth-order valence-corrected chi connectivity index (χ4v) is 3.58. The molecule has 0 unspecified atom stereocenters. The minimum Gasteiger partial charge on any atom is -0.334 e. The highest BCUT2D eigenvalue weighted by Crippen LogP contribution is 2.31. The zero-order chi connectivity index (χ0) is 17.6. The summed E-state index contributed by atoms with van der Waals surface area (Å²) in [4.78, 5) is 19.2. The van der Waals surface area contributed by atoms with E-state index in [1.807, 2.05) is 17.2 Å². The summed E-state index contributed by atoms with van der Waals surface area (Å²) in [5.41, 5.74) is 9.81. The largest absolute Gasteiger partial charge is 0.334 e. The van der Waals surface area contributed by atoms with E-state index in [1.54, 1.807) is 6.20 Å². The zero-order valence-corrected chi connectivity index (χ0v) is 14.9. The molecule has 3 rings (SSSR count). The highest BCUT2D eigenvalue weighted by molar-refractivity contribution is 5.82. The van der Waals surface area contributed by atoms with Crippen LogP contribution in [0.25, 0.3) is 0 Å². The molecule has 2 aromatic rings. The molecule has 1 aromatic heterocycles. The molecule has 1 fully saturated rings. The van der Waals surface area contributed by atoms with Crippen LogP contribution in [0.3, 0.4) is 0 Å². The molecule has 2 N–H and O–H groups in total. The lowest BCUT2D eigenvalue weighted by atomic mass is 9.94. The molecule has 1 aromatic carbocycles. The van der Waals surface area contributed by atoms with Gasteiger partial charge in [-0.15, -0.1) is 0 Å². The molecule has 132 valence electrons. The molecule has 1 amide bonds. The lowest BCUT2D eigenvalue weighted by Gasteiger charge is -2.37. The van der Waals surface area contributed by atoms with Gasteiger partial charge in [0.1, 0.15) is 0 Å². The maximum absolute atomic E-state index is 13.0. The first-order valence-corrected chi connectivity index (χ1v) is 9.23. The number of carbonyl (C=O) groups excluding carboxylic acids is 1. The lowest BCUT2D eigenvalue weighted by molar-refractivity contribution is -0.136. The Morgan fingerprint density at radius 3 is 2.68 bits per heavy atom.